The van der Waals surface area contributed by atoms with Crippen LogP contribution in [0.2, 0.25) is 0 Å². The maximum absolute atomic E-state index is 13.4. The molecule has 27 heavy (non-hydrogen) atoms. The molecule has 1 heterocycles. The molecule has 4 rings (SSSR count). The van der Waals surface area contributed by atoms with Crippen LogP contribution in [-0.4, -0.2) is 31.1 Å². The van der Waals surface area contributed by atoms with Gasteiger partial charge in [0.15, 0.2) is 0 Å². The Bertz CT molecular complexity index is 911. The third-order valence-corrected chi connectivity index (χ3v) is 5.47. The van der Waals surface area contributed by atoms with Crippen LogP contribution >= 0.6 is 0 Å². The van der Waals surface area contributed by atoms with Gasteiger partial charge in [0.1, 0.15) is 17.0 Å². The van der Waals surface area contributed by atoms with Crippen molar-refractivity contribution in [1.29, 1.82) is 0 Å². The number of nitrogens with one attached hydrogen (secondary N) is 1. The van der Waals surface area contributed by atoms with Crippen molar-refractivity contribution in [2.75, 3.05) is 14.2 Å². The molecule has 3 amide bonds. The van der Waals surface area contributed by atoms with Crippen LogP contribution in [0.4, 0.5) is 4.79 Å². The van der Waals surface area contributed by atoms with Crippen molar-refractivity contribution in [2.24, 2.45) is 0 Å². The first kappa shape index (κ1) is 17.4. The number of imide groups is 1. The maximum atomic E-state index is 13.4. The number of hydrogen-bond donors (Lipinski definition) is 1. The molecule has 1 spiro atoms. The number of methoxy groups -OCH3 is 2. The number of rotatable bonds is 4. The Labute approximate surface area is 158 Å². The van der Waals surface area contributed by atoms with Crippen molar-refractivity contribution in [3.63, 3.8) is 0 Å². The van der Waals surface area contributed by atoms with Crippen molar-refractivity contribution in [2.45, 2.75) is 31.3 Å². The van der Waals surface area contributed by atoms with Crippen LogP contribution in [0.1, 0.15) is 29.5 Å². The van der Waals surface area contributed by atoms with E-state index in [1.165, 1.54) is 4.90 Å². The Morgan fingerprint density at radius 2 is 1.93 bits per heavy atom. The number of urea groups is 1. The Balaban J connectivity index is 1.70. The van der Waals surface area contributed by atoms with E-state index in [4.69, 9.17) is 9.47 Å². The van der Waals surface area contributed by atoms with Gasteiger partial charge < -0.3 is 14.8 Å². The smallest absolute Gasteiger partial charge is 0.325 e. The summed E-state index contributed by atoms with van der Waals surface area (Å²) in [6.07, 6.45) is 2.39. The van der Waals surface area contributed by atoms with E-state index in [1.807, 2.05) is 24.3 Å². The van der Waals surface area contributed by atoms with Crippen LogP contribution in [0.25, 0.3) is 0 Å². The minimum Gasteiger partial charge on any atom is -0.497 e. The predicted octanol–water partition coefficient (Wildman–Crippen LogP) is 2.99. The van der Waals surface area contributed by atoms with E-state index in [9.17, 15) is 9.59 Å². The number of fused-ring (bicyclic) bond motifs is 2. The lowest BCUT2D eigenvalue weighted by Gasteiger charge is -2.33. The van der Waals surface area contributed by atoms with Crippen molar-refractivity contribution < 1.29 is 19.1 Å². The Morgan fingerprint density at radius 1 is 1.11 bits per heavy atom. The van der Waals surface area contributed by atoms with E-state index >= 15 is 0 Å². The van der Waals surface area contributed by atoms with E-state index in [0.717, 1.165) is 29.5 Å². The molecule has 0 aromatic heterocycles. The van der Waals surface area contributed by atoms with Gasteiger partial charge in [-0.25, -0.2) is 4.79 Å². The van der Waals surface area contributed by atoms with Crippen molar-refractivity contribution >= 4 is 11.9 Å². The SMILES string of the molecule is COc1ccc(OC)c(CN2C(=O)N[C@@]3(CCCc4ccccc43)C2=O)c1. The minimum atomic E-state index is -0.960. The summed E-state index contributed by atoms with van der Waals surface area (Å²) in [4.78, 5) is 27.4. The highest BCUT2D eigenvalue weighted by molar-refractivity contribution is 6.07. The van der Waals surface area contributed by atoms with Gasteiger partial charge in [-0.2, -0.15) is 0 Å². The third kappa shape index (κ3) is 2.72. The molecule has 140 valence electrons. The molecule has 0 unspecified atom stereocenters. The fourth-order valence-corrected chi connectivity index (χ4v) is 4.13. The molecular formula is C21H22N2O4. The molecule has 6 heteroatoms. The van der Waals surface area contributed by atoms with Crippen molar-refractivity contribution in [3.05, 3.63) is 59.2 Å². The zero-order valence-electron chi connectivity index (χ0n) is 15.5. The number of hydrogen-bond acceptors (Lipinski definition) is 4. The number of benzene rings is 2. The Hall–Kier alpha value is -3.02. The summed E-state index contributed by atoms with van der Waals surface area (Å²) in [5.74, 6) is 1.06. The zero-order valence-corrected chi connectivity index (χ0v) is 15.5. The first-order chi connectivity index (χ1) is 13.1. The molecule has 2 aliphatic rings. The topological polar surface area (TPSA) is 67.9 Å². The zero-order chi connectivity index (χ0) is 19.0. The lowest BCUT2D eigenvalue weighted by atomic mass is 9.76. The maximum Gasteiger partial charge on any atom is 0.325 e. The molecule has 2 aromatic carbocycles. The van der Waals surface area contributed by atoms with Gasteiger partial charge in [0.05, 0.1) is 20.8 Å². The van der Waals surface area contributed by atoms with E-state index in [0.29, 0.717) is 17.9 Å². The normalized spacial score (nSPS) is 21.2. The number of amides is 3. The first-order valence-corrected chi connectivity index (χ1v) is 9.02. The second-order valence-corrected chi connectivity index (χ2v) is 6.92. The first-order valence-electron chi connectivity index (χ1n) is 9.02. The Kier molecular flexibility index (Phi) is 4.26. The predicted molar refractivity (Wildman–Crippen MR) is 99.7 cm³/mol. The summed E-state index contributed by atoms with van der Waals surface area (Å²) < 4.78 is 10.7. The van der Waals surface area contributed by atoms with Crippen LogP contribution in [-0.2, 0) is 23.3 Å². The van der Waals surface area contributed by atoms with Gasteiger partial charge in [0, 0.05) is 5.56 Å². The van der Waals surface area contributed by atoms with Gasteiger partial charge >= 0.3 is 6.03 Å². The van der Waals surface area contributed by atoms with Crippen molar-refractivity contribution in [1.82, 2.24) is 10.2 Å². The molecule has 2 aromatic rings. The monoisotopic (exact) mass is 366 g/mol. The summed E-state index contributed by atoms with van der Waals surface area (Å²) in [6, 6.07) is 12.8. The van der Waals surface area contributed by atoms with E-state index in [-0.39, 0.29) is 18.5 Å². The summed E-state index contributed by atoms with van der Waals surface area (Å²) in [7, 11) is 3.14. The fraction of sp³-hybridized carbons (Fsp3) is 0.333. The lowest BCUT2D eigenvalue weighted by molar-refractivity contribution is -0.132. The number of ether oxygens (including phenoxy) is 2. The van der Waals surface area contributed by atoms with Gasteiger partial charge in [-0.1, -0.05) is 24.3 Å². The number of nitrogens with zero attached hydrogens (tertiary/aromatic N) is 1. The summed E-state index contributed by atoms with van der Waals surface area (Å²) >= 11 is 0. The largest absolute Gasteiger partial charge is 0.497 e. The lowest BCUT2D eigenvalue weighted by Crippen LogP contribution is -2.46. The number of carbonyl (C=O) groups is 2. The number of carbonyl (C=O) groups excluding carboxylic acids is 2. The third-order valence-electron chi connectivity index (χ3n) is 5.47. The standard InChI is InChI=1S/C21H22N2O4/c1-26-16-9-10-18(27-2)15(12-16)13-23-19(24)21(22-20(23)25)11-5-7-14-6-3-4-8-17(14)21/h3-4,6,8-10,12H,5,7,11,13H2,1-2H3,(H,22,25)/t21-/m1/s1. The molecular weight excluding hydrogens is 344 g/mol. The van der Waals surface area contributed by atoms with Gasteiger partial charge in [-0.15, -0.1) is 0 Å². The number of aryl methyl sites for hydroxylation is 1. The van der Waals surface area contributed by atoms with Gasteiger partial charge in [-0.05, 0) is 48.6 Å². The van der Waals surface area contributed by atoms with E-state index in [2.05, 4.69) is 5.32 Å². The fourth-order valence-electron chi connectivity index (χ4n) is 4.13. The molecule has 1 saturated heterocycles. The van der Waals surface area contributed by atoms with E-state index < -0.39 is 5.54 Å². The molecule has 1 N–H and O–H groups in total. The quantitative estimate of drug-likeness (QED) is 0.845. The van der Waals surface area contributed by atoms with Crippen LogP contribution < -0.4 is 14.8 Å². The molecule has 1 aliphatic carbocycles. The van der Waals surface area contributed by atoms with Crippen LogP contribution in [0.3, 0.4) is 0 Å². The Morgan fingerprint density at radius 3 is 2.70 bits per heavy atom. The van der Waals surface area contributed by atoms with Crippen LogP contribution in [0.5, 0.6) is 11.5 Å². The van der Waals surface area contributed by atoms with Gasteiger partial charge in [-0.3, -0.25) is 9.69 Å². The van der Waals surface area contributed by atoms with E-state index in [1.54, 1.807) is 32.4 Å². The summed E-state index contributed by atoms with van der Waals surface area (Å²) in [5, 5.41) is 2.98. The molecule has 1 aliphatic heterocycles. The summed E-state index contributed by atoms with van der Waals surface area (Å²) in [5.41, 5.74) is 1.80. The molecule has 1 atom stereocenters. The van der Waals surface area contributed by atoms with Crippen LogP contribution in [0, 0.1) is 0 Å². The molecule has 0 radical (unpaired) electrons. The molecule has 1 fully saturated rings. The average Bonchev–Trinajstić information content (AvgIpc) is 2.93. The molecule has 6 nitrogen and oxygen atoms in total. The summed E-state index contributed by atoms with van der Waals surface area (Å²) in [6.45, 7) is 0.134. The highest BCUT2D eigenvalue weighted by Gasteiger charge is 2.53. The highest BCUT2D eigenvalue weighted by atomic mass is 16.5. The molecule has 0 saturated carbocycles. The van der Waals surface area contributed by atoms with Crippen molar-refractivity contribution in [3.8, 4) is 11.5 Å². The molecule has 0 bridgehead atoms. The minimum absolute atomic E-state index is 0.134. The second kappa shape index (κ2) is 6.61. The average molecular weight is 366 g/mol. The van der Waals surface area contributed by atoms with Gasteiger partial charge in [0.25, 0.3) is 5.91 Å². The highest BCUT2D eigenvalue weighted by Crippen LogP contribution is 2.40. The van der Waals surface area contributed by atoms with Crippen LogP contribution in [0.15, 0.2) is 42.5 Å². The van der Waals surface area contributed by atoms with Gasteiger partial charge in [0.2, 0.25) is 0 Å². The second-order valence-electron chi connectivity index (χ2n) is 6.92.